The summed E-state index contributed by atoms with van der Waals surface area (Å²) in [4.78, 5) is 0. The van der Waals surface area contributed by atoms with Crippen LogP contribution in [0, 0.1) is 11.3 Å². The highest BCUT2D eigenvalue weighted by Crippen LogP contribution is 2.59. The van der Waals surface area contributed by atoms with Gasteiger partial charge in [0, 0.05) is 18.9 Å². The number of fused-ring (bicyclic) bond motifs is 3. The molecule has 1 aliphatic heterocycles. The van der Waals surface area contributed by atoms with Crippen molar-refractivity contribution in [3.8, 4) is 0 Å². The third-order valence-electron chi connectivity index (χ3n) is 5.07. The Morgan fingerprint density at radius 1 is 1.18 bits per heavy atom. The zero-order valence-corrected chi connectivity index (χ0v) is 10.2. The first-order chi connectivity index (χ1) is 8.21. The van der Waals surface area contributed by atoms with Crippen molar-refractivity contribution in [2.24, 2.45) is 11.3 Å². The molecule has 4 nitrogen and oxygen atoms in total. The van der Waals surface area contributed by atoms with Gasteiger partial charge >= 0.3 is 0 Å². The van der Waals surface area contributed by atoms with Crippen LogP contribution in [0.5, 0.6) is 0 Å². The van der Waals surface area contributed by atoms with Gasteiger partial charge in [-0.1, -0.05) is 0 Å². The van der Waals surface area contributed by atoms with Crippen LogP contribution in [0.2, 0.25) is 0 Å². The summed E-state index contributed by atoms with van der Waals surface area (Å²) in [5, 5.41) is 19.3. The van der Waals surface area contributed by atoms with E-state index in [1.807, 2.05) is 0 Å². The molecule has 2 aliphatic carbocycles. The van der Waals surface area contributed by atoms with E-state index in [0.29, 0.717) is 19.1 Å². The van der Waals surface area contributed by atoms with Crippen molar-refractivity contribution in [3.05, 3.63) is 0 Å². The standard InChI is InChI=1S/C13H22O4/c14-5-1-2-12-3-4-13(16-6-7-17-13)10(9-12)8-11(12)15/h10-11,14-15H,1-9H2/t10-,11-,12-/m0/s1. The zero-order chi connectivity index (χ0) is 11.9. The lowest BCUT2D eigenvalue weighted by atomic mass is 9.70. The normalized spacial score (nSPS) is 43.4. The van der Waals surface area contributed by atoms with Gasteiger partial charge in [0.05, 0.1) is 19.3 Å². The number of aliphatic hydroxyl groups excluding tert-OH is 2. The zero-order valence-electron chi connectivity index (χ0n) is 10.2. The topological polar surface area (TPSA) is 58.9 Å². The van der Waals surface area contributed by atoms with Gasteiger partial charge in [0.25, 0.3) is 0 Å². The molecule has 2 N–H and O–H groups in total. The Morgan fingerprint density at radius 2 is 1.94 bits per heavy atom. The number of hydrogen-bond acceptors (Lipinski definition) is 4. The fraction of sp³-hybridized carbons (Fsp3) is 1.00. The van der Waals surface area contributed by atoms with E-state index in [2.05, 4.69) is 0 Å². The maximum Gasteiger partial charge on any atom is 0.171 e. The SMILES string of the molecule is OCCC[C@@]12CCC3(OCCO3)[C@@H](C[C@@H]1O)C2. The number of ether oxygens (including phenoxy) is 2. The van der Waals surface area contributed by atoms with E-state index in [-0.39, 0.29) is 23.9 Å². The molecule has 2 bridgehead atoms. The highest BCUT2D eigenvalue weighted by Gasteiger charge is 2.59. The fourth-order valence-electron chi connectivity index (χ4n) is 4.14. The number of aliphatic hydroxyl groups is 2. The Morgan fingerprint density at radius 3 is 2.65 bits per heavy atom. The molecule has 0 amide bonds. The van der Waals surface area contributed by atoms with Gasteiger partial charge in [-0.3, -0.25) is 0 Å². The molecule has 1 spiro atoms. The third kappa shape index (κ3) is 1.73. The molecule has 17 heavy (non-hydrogen) atoms. The first kappa shape index (κ1) is 11.9. The number of hydrogen-bond donors (Lipinski definition) is 2. The second-order valence-corrected chi connectivity index (χ2v) is 5.85. The molecule has 0 radical (unpaired) electrons. The molecule has 3 aliphatic rings. The largest absolute Gasteiger partial charge is 0.396 e. The molecule has 1 saturated heterocycles. The molecule has 0 aromatic heterocycles. The molecule has 1 heterocycles. The van der Waals surface area contributed by atoms with Crippen LogP contribution in [0.25, 0.3) is 0 Å². The summed E-state index contributed by atoms with van der Waals surface area (Å²) in [5.74, 6) is -0.0485. The smallest absolute Gasteiger partial charge is 0.171 e. The maximum atomic E-state index is 10.3. The van der Waals surface area contributed by atoms with Crippen molar-refractivity contribution in [3.63, 3.8) is 0 Å². The summed E-state index contributed by atoms with van der Waals surface area (Å²) in [7, 11) is 0. The van der Waals surface area contributed by atoms with Gasteiger partial charge in [0.1, 0.15) is 0 Å². The summed E-state index contributed by atoms with van der Waals surface area (Å²) < 4.78 is 11.7. The minimum absolute atomic E-state index is 0.0218. The number of rotatable bonds is 3. The minimum Gasteiger partial charge on any atom is -0.396 e. The fourth-order valence-corrected chi connectivity index (χ4v) is 4.14. The quantitative estimate of drug-likeness (QED) is 0.776. The van der Waals surface area contributed by atoms with Crippen LogP contribution < -0.4 is 0 Å². The van der Waals surface area contributed by atoms with E-state index >= 15 is 0 Å². The third-order valence-corrected chi connectivity index (χ3v) is 5.07. The predicted molar refractivity (Wildman–Crippen MR) is 61.4 cm³/mol. The Bertz CT molecular complexity index is 287. The van der Waals surface area contributed by atoms with Crippen molar-refractivity contribution in [1.82, 2.24) is 0 Å². The molecule has 0 aromatic carbocycles. The van der Waals surface area contributed by atoms with Gasteiger partial charge in [-0.05, 0) is 37.5 Å². The Balaban J connectivity index is 1.76. The summed E-state index contributed by atoms with van der Waals surface area (Å²) in [6.45, 7) is 1.60. The Hall–Kier alpha value is -0.160. The molecule has 2 saturated carbocycles. The molecule has 3 fully saturated rings. The monoisotopic (exact) mass is 242 g/mol. The first-order valence-electron chi connectivity index (χ1n) is 6.78. The lowest BCUT2D eigenvalue weighted by Crippen LogP contribution is -2.43. The highest BCUT2D eigenvalue weighted by atomic mass is 16.7. The van der Waals surface area contributed by atoms with Crippen LogP contribution in [0.3, 0.4) is 0 Å². The van der Waals surface area contributed by atoms with E-state index in [4.69, 9.17) is 14.6 Å². The summed E-state index contributed by atoms with van der Waals surface area (Å²) in [6.07, 6.45) is 5.13. The minimum atomic E-state index is -0.389. The van der Waals surface area contributed by atoms with Gasteiger partial charge in [-0.25, -0.2) is 0 Å². The second-order valence-electron chi connectivity index (χ2n) is 5.85. The lowest BCUT2D eigenvalue weighted by molar-refractivity contribution is -0.215. The first-order valence-corrected chi connectivity index (χ1v) is 6.78. The van der Waals surface area contributed by atoms with E-state index in [9.17, 15) is 5.11 Å². The molecule has 0 unspecified atom stereocenters. The van der Waals surface area contributed by atoms with E-state index in [0.717, 1.165) is 38.5 Å². The predicted octanol–water partition coefficient (Wildman–Crippen LogP) is 1.05. The van der Waals surface area contributed by atoms with Gasteiger partial charge in [-0.2, -0.15) is 0 Å². The van der Waals surface area contributed by atoms with Crippen molar-refractivity contribution in [2.45, 2.75) is 50.4 Å². The van der Waals surface area contributed by atoms with Crippen LogP contribution in [-0.2, 0) is 9.47 Å². The molecular weight excluding hydrogens is 220 g/mol. The van der Waals surface area contributed by atoms with Crippen LogP contribution in [0.4, 0.5) is 0 Å². The highest BCUT2D eigenvalue weighted by molar-refractivity contribution is 5.06. The maximum absolute atomic E-state index is 10.3. The van der Waals surface area contributed by atoms with Crippen molar-refractivity contribution in [2.75, 3.05) is 19.8 Å². The summed E-state index contributed by atoms with van der Waals surface area (Å²) in [5.41, 5.74) is 0.0218. The average Bonchev–Trinajstić information content (AvgIpc) is 2.89. The van der Waals surface area contributed by atoms with E-state index < -0.39 is 0 Å². The summed E-state index contributed by atoms with van der Waals surface area (Å²) >= 11 is 0. The van der Waals surface area contributed by atoms with Crippen LogP contribution >= 0.6 is 0 Å². The average molecular weight is 242 g/mol. The molecular formula is C13H22O4. The van der Waals surface area contributed by atoms with Crippen LogP contribution in [-0.4, -0.2) is 41.9 Å². The van der Waals surface area contributed by atoms with E-state index in [1.165, 1.54) is 0 Å². The van der Waals surface area contributed by atoms with Gasteiger partial charge in [-0.15, -0.1) is 0 Å². The van der Waals surface area contributed by atoms with Crippen molar-refractivity contribution in [1.29, 1.82) is 0 Å². The van der Waals surface area contributed by atoms with Gasteiger partial charge < -0.3 is 19.7 Å². The molecule has 3 atom stereocenters. The van der Waals surface area contributed by atoms with Gasteiger partial charge in [0.15, 0.2) is 5.79 Å². The molecule has 0 aromatic rings. The van der Waals surface area contributed by atoms with Crippen LogP contribution in [0.1, 0.15) is 38.5 Å². The molecule has 4 heteroatoms. The van der Waals surface area contributed by atoms with Gasteiger partial charge in [0.2, 0.25) is 0 Å². The lowest BCUT2D eigenvalue weighted by Gasteiger charge is -2.42. The Labute approximate surface area is 102 Å². The van der Waals surface area contributed by atoms with Crippen molar-refractivity contribution < 1.29 is 19.7 Å². The summed E-state index contributed by atoms with van der Waals surface area (Å²) in [6, 6.07) is 0. The molecule has 3 rings (SSSR count). The molecule has 98 valence electrons. The van der Waals surface area contributed by atoms with Crippen molar-refractivity contribution >= 4 is 0 Å². The van der Waals surface area contributed by atoms with E-state index in [1.54, 1.807) is 0 Å². The van der Waals surface area contributed by atoms with Crippen LogP contribution in [0.15, 0.2) is 0 Å². The second kappa shape index (κ2) is 4.19. The Kier molecular flexibility index (Phi) is 2.94.